The zero-order chi connectivity index (χ0) is 13.9. The van der Waals surface area contributed by atoms with Crippen molar-refractivity contribution in [2.45, 2.75) is 4.90 Å². The number of thioether (sulfide) groups is 1. The summed E-state index contributed by atoms with van der Waals surface area (Å²) < 4.78 is 5.92. The molecule has 0 aliphatic heterocycles. The van der Waals surface area contributed by atoms with E-state index >= 15 is 0 Å². The van der Waals surface area contributed by atoms with Crippen molar-refractivity contribution in [3.63, 3.8) is 0 Å². The molecule has 0 radical (unpaired) electrons. The fourth-order valence-corrected chi connectivity index (χ4v) is 2.43. The SMILES string of the molecule is CSc1ccc(Oc2ccc(N)c3cccnc23)cc1. The molecule has 0 aliphatic rings. The van der Waals surface area contributed by atoms with Crippen LogP contribution in [0.15, 0.2) is 59.6 Å². The zero-order valence-corrected chi connectivity index (χ0v) is 11.9. The Morgan fingerprint density at radius 3 is 2.60 bits per heavy atom. The van der Waals surface area contributed by atoms with Gasteiger partial charge in [-0.3, -0.25) is 4.98 Å². The summed E-state index contributed by atoms with van der Waals surface area (Å²) >= 11 is 1.70. The van der Waals surface area contributed by atoms with Gasteiger partial charge in [-0.25, -0.2) is 0 Å². The van der Waals surface area contributed by atoms with Crippen molar-refractivity contribution in [3.8, 4) is 11.5 Å². The fraction of sp³-hybridized carbons (Fsp3) is 0.0625. The molecule has 0 fully saturated rings. The van der Waals surface area contributed by atoms with Gasteiger partial charge in [-0.15, -0.1) is 11.8 Å². The first kappa shape index (κ1) is 12.8. The molecule has 2 aromatic carbocycles. The minimum Gasteiger partial charge on any atom is -0.455 e. The monoisotopic (exact) mass is 282 g/mol. The molecule has 3 nitrogen and oxygen atoms in total. The fourth-order valence-electron chi connectivity index (χ4n) is 2.02. The molecular weight excluding hydrogens is 268 g/mol. The summed E-state index contributed by atoms with van der Waals surface area (Å²) in [6, 6.07) is 15.5. The molecule has 0 bridgehead atoms. The Hall–Kier alpha value is -2.20. The summed E-state index contributed by atoms with van der Waals surface area (Å²) in [5.41, 5.74) is 7.44. The van der Waals surface area contributed by atoms with Crippen molar-refractivity contribution < 1.29 is 4.74 Å². The number of hydrogen-bond acceptors (Lipinski definition) is 4. The van der Waals surface area contributed by atoms with Crippen molar-refractivity contribution in [3.05, 3.63) is 54.7 Å². The molecule has 4 heteroatoms. The van der Waals surface area contributed by atoms with Crippen LogP contribution in [-0.4, -0.2) is 11.2 Å². The van der Waals surface area contributed by atoms with Gasteiger partial charge in [-0.1, -0.05) is 0 Å². The Bertz CT molecular complexity index is 741. The number of nitrogen functional groups attached to an aromatic ring is 1. The topological polar surface area (TPSA) is 48.1 Å². The second-order valence-corrected chi connectivity index (χ2v) is 5.21. The summed E-state index contributed by atoms with van der Waals surface area (Å²) in [6.45, 7) is 0. The number of fused-ring (bicyclic) bond motifs is 1. The lowest BCUT2D eigenvalue weighted by Crippen LogP contribution is -1.92. The molecule has 1 aromatic heterocycles. The van der Waals surface area contributed by atoms with E-state index in [1.54, 1.807) is 18.0 Å². The van der Waals surface area contributed by atoms with Crippen LogP contribution in [0.1, 0.15) is 0 Å². The molecule has 3 rings (SSSR count). The lowest BCUT2D eigenvalue weighted by molar-refractivity contribution is 0.487. The average molecular weight is 282 g/mol. The molecule has 2 N–H and O–H groups in total. The van der Waals surface area contributed by atoms with Gasteiger partial charge < -0.3 is 10.5 Å². The van der Waals surface area contributed by atoms with E-state index in [2.05, 4.69) is 4.98 Å². The van der Waals surface area contributed by atoms with Crippen molar-refractivity contribution in [2.75, 3.05) is 12.0 Å². The summed E-state index contributed by atoms with van der Waals surface area (Å²) in [6.07, 6.45) is 3.79. The summed E-state index contributed by atoms with van der Waals surface area (Å²) in [4.78, 5) is 5.57. The molecular formula is C16H14N2OS. The van der Waals surface area contributed by atoms with Gasteiger partial charge in [0.15, 0.2) is 5.75 Å². The molecule has 0 aliphatic carbocycles. The second-order valence-electron chi connectivity index (χ2n) is 4.33. The Morgan fingerprint density at radius 2 is 1.85 bits per heavy atom. The Balaban J connectivity index is 2.00. The predicted molar refractivity (Wildman–Crippen MR) is 84.5 cm³/mol. The maximum absolute atomic E-state index is 5.96. The van der Waals surface area contributed by atoms with Crippen molar-refractivity contribution in [1.29, 1.82) is 0 Å². The van der Waals surface area contributed by atoms with E-state index in [1.165, 1.54) is 4.90 Å². The first-order valence-corrected chi connectivity index (χ1v) is 7.45. The number of rotatable bonds is 3. The molecule has 0 unspecified atom stereocenters. The summed E-state index contributed by atoms with van der Waals surface area (Å²) in [5, 5.41) is 0.908. The van der Waals surface area contributed by atoms with Gasteiger partial charge in [0.1, 0.15) is 11.3 Å². The van der Waals surface area contributed by atoms with Crippen LogP contribution in [-0.2, 0) is 0 Å². The van der Waals surface area contributed by atoms with Gasteiger partial charge in [-0.2, -0.15) is 0 Å². The molecule has 0 atom stereocenters. The highest BCUT2D eigenvalue weighted by molar-refractivity contribution is 7.98. The second kappa shape index (κ2) is 5.43. The van der Waals surface area contributed by atoms with E-state index in [4.69, 9.17) is 10.5 Å². The van der Waals surface area contributed by atoms with E-state index in [1.807, 2.05) is 54.8 Å². The molecule has 0 amide bonds. The van der Waals surface area contributed by atoms with Crippen LogP contribution < -0.4 is 10.5 Å². The van der Waals surface area contributed by atoms with E-state index in [-0.39, 0.29) is 0 Å². The highest BCUT2D eigenvalue weighted by Gasteiger charge is 2.07. The average Bonchev–Trinajstić information content (AvgIpc) is 2.51. The predicted octanol–water partition coefficient (Wildman–Crippen LogP) is 4.33. The Labute approximate surface area is 121 Å². The lowest BCUT2D eigenvalue weighted by atomic mass is 10.1. The van der Waals surface area contributed by atoms with Crippen molar-refractivity contribution in [1.82, 2.24) is 4.98 Å². The third-order valence-electron chi connectivity index (χ3n) is 3.05. The molecule has 1 heterocycles. The third kappa shape index (κ3) is 2.42. The van der Waals surface area contributed by atoms with Gasteiger partial charge in [0.05, 0.1) is 0 Å². The number of benzene rings is 2. The number of aromatic nitrogens is 1. The van der Waals surface area contributed by atoms with Gasteiger partial charge in [0.25, 0.3) is 0 Å². The highest BCUT2D eigenvalue weighted by Crippen LogP contribution is 2.32. The maximum Gasteiger partial charge on any atom is 0.153 e. The molecule has 0 saturated carbocycles. The van der Waals surface area contributed by atoms with Gasteiger partial charge in [0, 0.05) is 22.2 Å². The largest absolute Gasteiger partial charge is 0.455 e. The molecule has 3 aromatic rings. The Kier molecular flexibility index (Phi) is 3.48. The minimum absolute atomic E-state index is 0.707. The van der Waals surface area contributed by atoms with Crippen LogP contribution >= 0.6 is 11.8 Å². The number of nitrogens with zero attached hydrogens (tertiary/aromatic N) is 1. The third-order valence-corrected chi connectivity index (χ3v) is 3.80. The molecule has 20 heavy (non-hydrogen) atoms. The van der Waals surface area contributed by atoms with Crippen LogP contribution in [0.4, 0.5) is 5.69 Å². The maximum atomic E-state index is 5.96. The summed E-state index contributed by atoms with van der Waals surface area (Å²) in [5.74, 6) is 1.51. The minimum atomic E-state index is 0.707. The molecule has 100 valence electrons. The smallest absolute Gasteiger partial charge is 0.153 e. The van der Waals surface area contributed by atoms with Gasteiger partial charge >= 0.3 is 0 Å². The highest BCUT2D eigenvalue weighted by atomic mass is 32.2. The molecule has 0 saturated heterocycles. The number of ether oxygens (including phenoxy) is 1. The standard InChI is InChI=1S/C16H14N2OS/c1-20-12-6-4-11(5-7-12)19-15-9-8-14(17)13-3-2-10-18-16(13)15/h2-10H,17H2,1H3. The lowest BCUT2D eigenvalue weighted by Gasteiger charge is -2.10. The van der Waals surface area contributed by atoms with Crippen LogP contribution in [0.5, 0.6) is 11.5 Å². The summed E-state index contributed by atoms with van der Waals surface area (Å²) in [7, 11) is 0. The normalized spacial score (nSPS) is 10.7. The number of anilines is 1. The van der Waals surface area contributed by atoms with Crippen LogP contribution in [0.25, 0.3) is 10.9 Å². The quantitative estimate of drug-likeness (QED) is 0.573. The molecule has 0 spiro atoms. The van der Waals surface area contributed by atoms with Crippen molar-refractivity contribution >= 4 is 28.4 Å². The first-order valence-electron chi connectivity index (χ1n) is 6.23. The van der Waals surface area contributed by atoms with Crippen LogP contribution in [0, 0.1) is 0 Å². The van der Waals surface area contributed by atoms with Crippen LogP contribution in [0.3, 0.4) is 0 Å². The van der Waals surface area contributed by atoms with E-state index in [9.17, 15) is 0 Å². The van der Waals surface area contributed by atoms with Crippen molar-refractivity contribution in [2.24, 2.45) is 0 Å². The number of nitrogens with two attached hydrogens (primary N) is 1. The van der Waals surface area contributed by atoms with E-state index in [0.29, 0.717) is 11.4 Å². The van der Waals surface area contributed by atoms with E-state index in [0.717, 1.165) is 16.7 Å². The zero-order valence-electron chi connectivity index (χ0n) is 11.0. The number of pyridine rings is 1. The number of hydrogen-bond donors (Lipinski definition) is 1. The Morgan fingerprint density at radius 1 is 1.05 bits per heavy atom. The van der Waals surface area contributed by atoms with E-state index < -0.39 is 0 Å². The first-order chi connectivity index (χ1) is 9.78. The van der Waals surface area contributed by atoms with Gasteiger partial charge in [0.2, 0.25) is 0 Å². The van der Waals surface area contributed by atoms with Gasteiger partial charge in [-0.05, 0) is 54.8 Å². The van der Waals surface area contributed by atoms with Crippen LogP contribution in [0.2, 0.25) is 0 Å².